The quantitative estimate of drug-likeness (QED) is 0.436. The molecule has 10 heteroatoms. The number of alkyl halides is 6. The fourth-order valence-corrected chi connectivity index (χ4v) is 1.76. The summed E-state index contributed by atoms with van der Waals surface area (Å²) in [5.41, 5.74) is -2.31. The van der Waals surface area contributed by atoms with Gasteiger partial charge in [-0.05, 0) is 22.6 Å². The van der Waals surface area contributed by atoms with Crippen molar-refractivity contribution in [2.45, 2.75) is 19.0 Å². The fraction of sp³-hybridized carbons (Fsp3) is 0.333. The van der Waals surface area contributed by atoms with Crippen molar-refractivity contribution in [1.82, 2.24) is 4.98 Å². The predicted molar refractivity (Wildman–Crippen MR) is 58.0 cm³/mol. The third-order valence-electron chi connectivity index (χ3n) is 1.84. The Bertz CT molecular complexity index is 519. The van der Waals surface area contributed by atoms with Gasteiger partial charge in [0.1, 0.15) is 9.26 Å². The van der Waals surface area contributed by atoms with E-state index in [9.17, 15) is 26.3 Å². The zero-order valence-corrected chi connectivity index (χ0v) is 10.9. The topological polar surface area (TPSA) is 45.9 Å². The SMILES string of the molecule is N#CCc1cnc(I)c(OC(F)(F)F)c1C(F)(F)F. The lowest BCUT2D eigenvalue weighted by Gasteiger charge is -2.18. The van der Waals surface area contributed by atoms with E-state index in [4.69, 9.17) is 5.26 Å². The molecule has 104 valence electrons. The Hall–Kier alpha value is -1.25. The van der Waals surface area contributed by atoms with Crippen molar-refractivity contribution in [3.63, 3.8) is 0 Å². The number of nitriles is 1. The van der Waals surface area contributed by atoms with E-state index in [1.54, 1.807) is 0 Å². The lowest BCUT2D eigenvalue weighted by molar-refractivity contribution is -0.276. The summed E-state index contributed by atoms with van der Waals surface area (Å²) in [7, 11) is 0. The van der Waals surface area contributed by atoms with E-state index in [-0.39, 0.29) is 0 Å². The average molecular weight is 396 g/mol. The van der Waals surface area contributed by atoms with Gasteiger partial charge >= 0.3 is 12.5 Å². The van der Waals surface area contributed by atoms with E-state index in [1.165, 1.54) is 28.7 Å². The van der Waals surface area contributed by atoms with Gasteiger partial charge in [-0.1, -0.05) is 0 Å². The van der Waals surface area contributed by atoms with Crippen LogP contribution in [-0.4, -0.2) is 11.3 Å². The van der Waals surface area contributed by atoms with E-state index in [0.29, 0.717) is 6.20 Å². The van der Waals surface area contributed by atoms with Crippen molar-refractivity contribution < 1.29 is 31.1 Å². The van der Waals surface area contributed by atoms with E-state index in [2.05, 4.69) is 9.72 Å². The van der Waals surface area contributed by atoms with E-state index >= 15 is 0 Å². The molecule has 0 aliphatic carbocycles. The molecule has 0 amide bonds. The lowest BCUT2D eigenvalue weighted by Crippen LogP contribution is -2.22. The van der Waals surface area contributed by atoms with Crippen molar-refractivity contribution >= 4 is 22.6 Å². The van der Waals surface area contributed by atoms with Gasteiger partial charge in [0.25, 0.3) is 0 Å². The van der Waals surface area contributed by atoms with Gasteiger partial charge < -0.3 is 4.74 Å². The highest BCUT2D eigenvalue weighted by Crippen LogP contribution is 2.42. The van der Waals surface area contributed by atoms with Crippen LogP contribution in [0, 0.1) is 15.0 Å². The number of rotatable bonds is 2. The summed E-state index contributed by atoms with van der Waals surface area (Å²) in [5.74, 6) is -1.44. The molecule has 0 aromatic carbocycles. The van der Waals surface area contributed by atoms with Crippen molar-refractivity contribution in [2.75, 3.05) is 0 Å². The number of aromatic nitrogens is 1. The van der Waals surface area contributed by atoms with Crippen LogP contribution in [0.4, 0.5) is 26.3 Å². The van der Waals surface area contributed by atoms with Gasteiger partial charge in [-0.3, -0.25) is 0 Å². The van der Waals surface area contributed by atoms with Gasteiger partial charge in [-0.15, -0.1) is 13.2 Å². The number of hydrogen-bond donors (Lipinski definition) is 0. The molecule has 1 aromatic rings. The fourth-order valence-electron chi connectivity index (χ4n) is 1.25. The molecule has 0 radical (unpaired) electrons. The van der Waals surface area contributed by atoms with E-state index in [0.717, 1.165) is 0 Å². The predicted octanol–water partition coefficient (Wildman–Crippen LogP) is 3.67. The Labute approximate surface area is 116 Å². The largest absolute Gasteiger partial charge is 0.573 e. The van der Waals surface area contributed by atoms with Gasteiger partial charge in [-0.2, -0.15) is 18.4 Å². The maximum Gasteiger partial charge on any atom is 0.573 e. The second kappa shape index (κ2) is 5.40. The summed E-state index contributed by atoms with van der Waals surface area (Å²) in [6.07, 6.45) is -10.4. The Morgan fingerprint density at radius 2 is 1.84 bits per heavy atom. The zero-order valence-electron chi connectivity index (χ0n) is 8.73. The van der Waals surface area contributed by atoms with Gasteiger partial charge in [0.2, 0.25) is 0 Å². The normalized spacial score (nSPS) is 12.1. The maximum absolute atomic E-state index is 12.8. The van der Waals surface area contributed by atoms with Gasteiger partial charge in [0, 0.05) is 11.8 Å². The molecule has 0 bridgehead atoms. The zero-order chi connectivity index (χ0) is 14.8. The molecule has 1 heterocycles. The highest BCUT2D eigenvalue weighted by atomic mass is 127. The Balaban J connectivity index is 3.50. The van der Waals surface area contributed by atoms with Crippen molar-refractivity contribution in [3.8, 4) is 11.8 Å². The van der Waals surface area contributed by atoms with Crippen molar-refractivity contribution in [1.29, 1.82) is 5.26 Å². The van der Waals surface area contributed by atoms with Crippen LogP contribution in [0.2, 0.25) is 0 Å². The highest BCUT2D eigenvalue weighted by molar-refractivity contribution is 14.1. The first-order chi connectivity index (χ1) is 8.56. The summed E-state index contributed by atoms with van der Waals surface area (Å²) in [6.45, 7) is 0. The molecule has 0 spiro atoms. The average Bonchev–Trinajstić information content (AvgIpc) is 2.19. The van der Waals surface area contributed by atoms with E-state index in [1.807, 2.05) is 0 Å². The number of nitrogens with zero attached hydrogens (tertiary/aromatic N) is 2. The minimum absolute atomic E-state index is 0.594. The first kappa shape index (κ1) is 15.8. The van der Waals surface area contributed by atoms with E-state index < -0.39 is 39.5 Å². The first-order valence-electron chi connectivity index (χ1n) is 4.43. The van der Waals surface area contributed by atoms with Crippen molar-refractivity contribution in [3.05, 3.63) is 21.0 Å². The molecule has 1 rings (SSSR count). The monoisotopic (exact) mass is 396 g/mol. The molecule has 0 atom stereocenters. The third-order valence-corrected chi connectivity index (χ3v) is 2.61. The molecule has 0 fully saturated rings. The molecule has 0 unspecified atom stereocenters. The van der Waals surface area contributed by atoms with Gasteiger partial charge in [0.15, 0.2) is 5.75 Å². The summed E-state index contributed by atoms with van der Waals surface area (Å²) in [4.78, 5) is 3.37. The van der Waals surface area contributed by atoms with Gasteiger partial charge in [-0.25, -0.2) is 4.98 Å². The van der Waals surface area contributed by atoms with Crippen LogP contribution in [0.5, 0.6) is 5.75 Å². The first-order valence-corrected chi connectivity index (χ1v) is 5.51. The van der Waals surface area contributed by atoms with Crippen LogP contribution in [0.25, 0.3) is 0 Å². The van der Waals surface area contributed by atoms with Gasteiger partial charge in [0.05, 0.1) is 12.5 Å². The maximum atomic E-state index is 12.8. The molecular weight excluding hydrogens is 393 g/mol. The smallest absolute Gasteiger partial charge is 0.402 e. The molecule has 3 nitrogen and oxygen atoms in total. The van der Waals surface area contributed by atoms with Crippen LogP contribution in [0.1, 0.15) is 11.1 Å². The molecular formula is C9H3F6IN2O. The second-order valence-corrected chi connectivity index (χ2v) is 4.18. The summed E-state index contributed by atoms with van der Waals surface area (Å²) < 4.78 is 77.5. The van der Waals surface area contributed by atoms with Crippen LogP contribution in [0.3, 0.4) is 0 Å². The summed E-state index contributed by atoms with van der Waals surface area (Å²) in [6, 6.07) is 1.43. The summed E-state index contributed by atoms with van der Waals surface area (Å²) >= 11 is 1.19. The van der Waals surface area contributed by atoms with Crippen LogP contribution < -0.4 is 4.74 Å². The molecule has 0 saturated carbocycles. The highest BCUT2D eigenvalue weighted by Gasteiger charge is 2.42. The van der Waals surface area contributed by atoms with Crippen LogP contribution in [0.15, 0.2) is 6.20 Å². The Kier molecular flexibility index (Phi) is 4.49. The van der Waals surface area contributed by atoms with Crippen molar-refractivity contribution in [2.24, 2.45) is 0 Å². The minimum Gasteiger partial charge on any atom is -0.402 e. The van der Waals surface area contributed by atoms with Crippen LogP contribution in [-0.2, 0) is 12.6 Å². The summed E-state index contributed by atoms with van der Waals surface area (Å²) in [5, 5.41) is 8.39. The number of halogens is 7. The van der Waals surface area contributed by atoms with Crippen LogP contribution >= 0.6 is 22.6 Å². The molecule has 0 aliphatic rings. The number of ether oxygens (including phenoxy) is 1. The molecule has 0 saturated heterocycles. The standard InChI is InChI=1S/C9H3F6IN2O/c10-8(11,12)5-4(1-2-17)3-18-7(16)6(5)19-9(13,14)15/h3H,1H2. The number of pyridine rings is 1. The third kappa shape index (κ3) is 4.12. The molecule has 1 aromatic heterocycles. The molecule has 0 aliphatic heterocycles. The minimum atomic E-state index is -5.28. The Morgan fingerprint density at radius 3 is 2.26 bits per heavy atom. The lowest BCUT2D eigenvalue weighted by atomic mass is 10.1. The number of hydrogen-bond acceptors (Lipinski definition) is 3. The molecule has 0 N–H and O–H groups in total. The Morgan fingerprint density at radius 1 is 1.26 bits per heavy atom. The molecule has 19 heavy (non-hydrogen) atoms. The second-order valence-electron chi connectivity index (χ2n) is 3.16.